The molecule has 0 spiro atoms. The SMILES string of the molecule is CC(C)(O)CNCCCc1cc(C(=O)NCC23CC4CC(CC(C4)C2)C3)c(Cl)cn1. The molecule has 4 bridgehead atoms. The normalized spacial score (nSPS) is 29.9. The molecule has 4 aliphatic carbocycles. The summed E-state index contributed by atoms with van der Waals surface area (Å²) in [5.41, 5.74) is 1.03. The van der Waals surface area contributed by atoms with Crippen molar-refractivity contribution < 1.29 is 9.90 Å². The summed E-state index contributed by atoms with van der Waals surface area (Å²) < 4.78 is 0. The number of aliphatic hydroxyl groups is 1. The van der Waals surface area contributed by atoms with E-state index in [1.54, 1.807) is 20.0 Å². The lowest BCUT2D eigenvalue weighted by Crippen LogP contribution is -2.51. The Morgan fingerprint density at radius 3 is 2.47 bits per heavy atom. The van der Waals surface area contributed by atoms with Crippen molar-refractivity contribution in [1.82, 2.24) is 15.6 Å². The van der Waals surface area contributed by atoms with Gasteiger partial charge < -0.3 is 15.7 Å². The third-order valence-corrected chi connectivity index (χ3v) is 7.59. The highest BCUT2D eigenvalue weighted by Gasteiger charge is 2.50. The van der Waals surface area contributed by atoms with Gasteiger partial charge in [-0.3, -0.25) is 9.78 Å². The van der Waals surface area contributed by atoms with E-state index < -0.39 is 5.60 Å². The molecule has 1 amide bonds. The maximum Gasteiger partial charge on any atom is 0.252 e. The molecule has 1 aromatic heterocycles. The van der Waals surface area contributed by atoms with Crippen molar-refractivity contribution in [3.05, 3.63) is 28.5 Å². The van der Waals surface area contributed by atoms with E-state index in [4.69, 9.17) is 11.6 Å². The molecule has 3 N–H and O–H groups in total. The van der Waals surface area contributed by atoms with Crippen LogP contribution in [-0.2, 0) is 6.42 Å². The lowest BCUT2D eigenvalue weighted by Gasteiger charge is -2.56. The van der Waals surface area contributed by atoms with Gasteiger partial charge in [0.05, 0.1) is 16.2 Å². The number of carbonyl (C=O) groups excluding carboxylic acids is 1. The maximum atomic E-state index is 12.9. The smallest absolute Gasteiger partial charge is 0.252 e. The molecule has 4 fully saturated rings. The molecule has 0 atom stereocenters. The highest BCUT2D eigenvalue weighted by Crippen LogP contribution is 2.59. The van der Waals surface area contributed by atoms with Gasteiger partial charge in [-0.25, -0.2) is 0 Å². The molecule has 1 heterocycles. The van der Waals surface area contributed by atoms with E-state index in [0.717, 1.165) is 49.4 Å². The summed E-state index contributed by atoms with van der Waals surface area (Å²) in [6, 6.07) is 1.84. The summed E-state index contributed by atoms with van der Waals surface area (Å²) in [5, 5.41) is 16.6. The zero-order valence-corrected chi connectivity index (χ0v) is 19.1. The molecule has 6 heteroatoms. The van der Waals surface area contributed by atoms with E-state index in [1.807, 2.05) is 6.07 Å². The predicted molar refractivity (Wildman–Crippen MR) is 120 cm³/mol. The third-order valence-electron chi connectivity index (χ3n) is 7.29. The number of pyridine rings is 1. The Morgan fingerprint density at radius 2 is 1.87 bits per heavy atom. The minimum absolute atomic E-state index is 0.0699. The van der Waals surface area contributed by atoms with Crippen molar-refractivity contribution in [3.8, 4) is 0 Å². The molecule has 30 heavy (non-hydrogen) atoms. The van der Waals surface area contributed by atoms with Crippen LogP contribution in [0.1, 0.15) is 74.8 Å². The third kappa shape index (κ3) is 5.35. The van der Waals surface area contributed by atoms with Gasteiger partial charge in [-0.05, 0) is 101 Å². The number of halogens is 1. The fraction of sp³-hybridized carbons (Fsp3) is 0.750. The van der Waals surface area contributed by atoms with Gasteiger partial charge in [0.2, 0.25) is 0 Å². The van der Waals surface area contributed by atoms with Crippen LogP contribution in [0.4, 0.5) is 0 Å². The summed E-state index contributed by atoms with van der Waals surface area (Å²) >= 11 is 6.32. The second kappa shape index (κ2) is 8.76. The first-order valence-corrected chi connectivity index (χ1v) is 11.9. The predicted octanol–water partition coefficient (Wildman–Crippen LogP) is 3.97. The van der Waals surface area contributed by atoms with Gasteiger partial charge in [0.25, 0.3) is 5.91 Å². The quantitative estimate of drug-likeness (QED) is 0.515. The van der Waals surface area contributed by atoms with Crippen LogP contribution >= 0.6 is 11.6 Å². The maximum absolute atomic E-state index is 12.9. The van der Waals surface area contributed by atoms with Gasteiger partial charge in [0.15, 0.2) is 0 Å². The van der Waals surface area contributed by atoms with Gasteiger partial charge in [-0.1, -0.05) is 11.6 Å². The van der Waals surface area contributed by atoms with Crippen LogP contribution in [0.5, 0.6) is 0 Å². The topological polar surface area (TPSA) is 74.2 Å². The molecule has 0 aliphatic heterocycles. The molecule has 1 aromatic rings. The van der Waals surface area contributed by atoms with Crippen LogP contribution in [0, 0.1) is 23.2 Å². The van der Waals surface area contributed by atoms with Crippen molar-refractivity contribution in [2.24, 2.45) is 23.2 Å². The van der Waals surface area contributed by atoms with E-state index in [0.29, 0.717) is 22.5 Å². The summed E-state index contributed by atoms with van der Waals surface area (Å²) in [6.07, 6.45) is 11.3. The molecule has 0 saturated heterocycles. The Morgan fingerprint density at radius 1 is 1.23 bits per heavy atom. The Hall–Kier alpha value is -1.17. The monoisotopic (exact) mass is 433 g/mol. The van der Waals surface area contributed by atoms with Crippen molar-refractivity contribution in [2.75, 3.05) is 19.6 Å². The average molecular weight is 434 g/mol. The van der Waals surface area contributed by atoms with Crippen molar-refractivity contribution in [3.63, 3.8) is 0 Å². The largest absolute Gasteiger partial charge is 0.389 e. The summed E-state index contributed by atoms with van der Waals surface area (Å²) in [5.74, 6) is 2.58. The number of hydrogen-bond donors (Lipinski definition) is 3. The van der Waals surface area contributed by atoms with E-state index >= 15 is 0 Å². The first-order chi connectivity index (χ1) is 14.2. The van der Waals surface area contributed by atoms with E-state index in [-0.39, 0.29) is 5.91 Å². The molecular formula is C24H36ClN3O2. The van der Waals surface area contributed by atoms with Gasteiger partial charge >= 0.3 is 0 Å². The Labute approximate surface area is 185 Å². The Balaban J connectivity index is 1.30. The second-order valence-corrected chi connectivity index (χ2v) is 11.3. The van der Waals surface area contributed by atoms with Crippen molar-refractivity contribution in [1.29, 1.82) is 0 Å². The average Bonchev–Trinajstić information content (AvgIpc) is 2.65. The lowest BCUT2D eigenvalue weighted by molar-refractivity contribution is -0.0503. The zero-order valence-electron chi connectivity index (χ0n) is 18.3. The van der Waals surface area contributed by atoms with Crippen LogP contribution < -0.4 is 10.6 Å². The molecule has 0 unspecified atom stereocenters. The van der Waals surface area contributed by atoms with Gasteiger partial charge in [0.1, 0.15) is 0 Å². The van der Waals surface area contributed by atoms with Crippen LogP contribution in [0.15, 0.2) is 12.3 Å². The van der Waals surface area contributed by atoms with E-state index in [2.05, 4.69) is 15.6 Å². The standard InChI is InChI=1S/C24H36ClN3O2/c1-23(2,30)14-26-5-3-4-19-9-20(21(25)13-27-19)22(29)28-15-24-10-16-6-17(11-24)8-18(7-16)12-24/h9,13,16-18,26,30H,3-8,10-12,14-15H2,1-2H3,(H,28,29). The molecule has 0 radical (unpaired) electrons. The molecule has 4 aliphatic rings. The first-order valence-electron chi connectivity index (χ1n) is 11.6. The van der Waals surface area contributed by atoms with Crippen LogP contribution in [-0.4, -0.2) is 41.2 Å². The first kappa shape index (κ1) is 22.0. The highest BCUT2D eigenvalue weighted by molar-refractivity contribution is 6.33. The molecule has 5 nitrogen and oxygen atoms in total. The molecule has 5 rings (SSSR count). The number of hydrogen-bond acceptors (Lipinski definition) is 4. The lowest BCUT2D eigenvalue weighted by atomic mass is 9.49. The van der Waals surface area contributed by atoms with Gasteiger partial charge in [-0.2, -0.15) is 0 Å². The van der Waals surface area contributed by atoms with Crippen LogP contribution in [0.25, 0.3) is 0 Å². The molecule has 4 saturated carbocycles. The Kier molecular flexibility index (Phi) is 6.43. The summed E-state index contributed by atoms with van der Waals surface area (Å²) in [6.45, 7) is 5.70. The minimum Gasteiger partial charge on any atom is -0.389 e. The van der Waals surface area contributed by atoms with Gasteiger partial charge in [0, 0.05) is 25.0 Å². The number of aromatic nitrogens is 1. The van der Waals surface area contributed by atoms with Crippen molar-refractivity contribution >= 4 is 17.5 Å². The number of amides is 1. The molecule has 0 aromatic carbocycles. The number of aryl methyl sites for hydroxylation is 1. The fourth-order valence-corrected chi connectivity index (χ4v) is 6.64. The fourth-order valence-electron chi connectivity index (χ4n) is 6.45. The Bertz CT molecular complexity index is 739. The van der Waals surface area contributed by atoms with Gasteiger partial charge in [-0.15, -0.1) is 0 Å². The number of nitrogens with zero attached hydrogens (tertiary/aromatic N) is 1. The van der Waals surface area contributed by atoms with E-state index in [1.165, 1.54) is 38.5 Å². The van der Waals surface area contributed by atoms with Crippen molar-refractivity contribution in [2.45, 2.75) is 70.8 Å². The number of nitrogens with one attached hydrogen (secondary N) is 2. The second-order valence-electron chi connectivity index (χ2n) is 10.8. The van der Waals surface area contributed by atoms with Crippen LogP contribution in [0.3, 0.4) is 0 Å². The van der Waals surface area contributed by atoms with E-state index in [9.17, 15) is 9.90 Å². The minimum atomic E-state index is -0.708. The number of rotatable bonds is 9. The zero-order chi connectivity index (χ0) is 21.4. The summed E-state index contributed by atoms with van der Waals surface area (Å²) in [4.78, 5) is 17.3. The summed E-state index contributed by atoms with van der Waals surface area (Å²) in [7, 11) is 0. The molecular weight excluding hydrogens is 398 g/mol. The highest BCUT2D eigenvalue weighted by atomic mass is 35.5. The molecule has 166 valence electrons. The number of carbonyl (C=O) groups is 1. The van der Waals surface area contributed by atoms with Crippen LogP contribution in [0.2, 0.25) is 5.02 Å².